The first-order valence-corrected chi connectivity index (χ1v) is 25.9. The second-order valence-electron chi connectivity index (χ2n) is 19.8. The SMILES string of the molecule is CCC(C)CCC(O)CC(=O)N[C@H](CCN)C(=O)N[C@H]1CCNC(=O)[C@H](CC(C)C)NC(=O)[C@H](CCN)NC(=O)[C@H](CCN)NC(=O)[C@H](Cc2ccccc2)NC(=O)[C@H](CC(C)C)NC(=O)[C@H](CCN)NC1=O. The first-order chi connectivity index (χ1) is 34.7. The summed E-state index contributed by atoms with van der Waals surface area (Å²) in [4.78, 5) is 126. The van der Waals surface area contributed by atoms with Crippen molar-refractivity contribution in [3.05, 3.63) is 35.9 Å². The van der Waals surface area contributed by atoms with Crippen molar-refractivity contribution >= 4 is 53.2 Å². The van der Waals surface area contributed by atoms with Crippen molar-refractivity contribution in [3.8, 4) is 0 Å². The lowest BCUT2D eigenvalue weighted by molar-refractivity contribution is -0.136. The predicted molar refractivity (Wildman–Crippen MR) is 276 cm³/mol. The molecule has 1 aliphatic heterocycles. The van der Waals surface area contributed by atoms with Gasteiger partial charge in [-0.25, -0.2) is 0 Å². The number of rotatable bonds is 23. The maximum atomic E-state index is 14.3. The third-order valence-corrected chi connectivity index (χ3v) is 12.4. The van der Waals surface area contributed by atoms with E-state index in [1.807, 2.05) is 41.5 Å². The highest BCUT2D eigenvalue weighted by molar-refractivity contribution is 5.98. The number of nitrogens with two attached hydrogens (primary N) is 4. The largest absolute Gasteiger partial charge is 0.393 e. The van der Waals surface area contributed by atoms with Crippen molar-refractivity contribution in [2.75, 3.05) is 32.7 Å². The topological polar surface area (TPSA) is 386 Å². The molecule has 1 fully saturated rings. The van der Waals surface area contributed by atoms with Crippen LogP contribution in [0.4, 0.5) is 0 Å². The molecule has 0 aromatic heterocycles. The fraction of sp³-hybridized carbons (Fsp3) is 0.700. The molecule has 1 aromatic carbocycles. The molecule has 0 spiro atoms. The highest BCUT2D eigenvalue weighted by atomic mass is 16.3. The fourth-order valence-corrected chi connectivity index (χ4v) is 8.10. The molecule has 73 heavy (non-hydrogen) atoms. The van der Waals surface area contributed by atoms with E-state index in [1.54, 1.807) is 30.3 Å². The molecule has 1 aliphatic rings. The molecule has 23 nitrogen and oxygen atoms in total. The van der Waals surface area contributed by atoms with Gasteiger partial charge < -0.3 is 75.9 Å². The normalized spacial score (nSPS) is 23.6. The molecule has 0 radical (unpaired) electrons. The van der Waals surface area contributed by atoms with Gasteiger partial charge in [0.15, 0.2) is 0 Å². The zero-order valence-electron chi connectivity index (χ0n) is 43.8. The number of aliphatic hydroxyl groups is 1. The average molecular weight is 1030 g/mol. The highest BCUT2D eigenvalue weighted by Gasteiger charge is 2.35. The molecule has 1 heterocycles. The Hall–Kier alpha value is -5.75. The quantitative estimate of drug-likeness (QED) is 0.0548. The molecule has 1 saturated heterocycles. The molecule has 23 heteroatoms. The Labute approximate surface area is 430 Å². The molecule has 9 amide bonds. The van der Waals surface area contributed by atoms with Crippen LogP contribution in [0.1, 0.15) is 118 Å². The van der Waals surface area contributed by atoms with Gasteiger partial charge in [-0.1, -0.05) is 78.3 Å². The van der Waals surface area contributed by atoms with E-state index in [4.69, 9.17) is 22.9 Å². The third kappa shape index (κ3) is 23.8. The Morgan fingerprint density at radius 3 is 1.53 bits per heavy atom. The summed E-state index contributed by atoms with van der Waals surface area (Å²) in [7, 11) is 0. The van der Waals surface area contributed by atoms with Crippen molar-refractivity contribution in [1.29, 1.82) is 0 Å². The summed E-state index contributed by atoms with van der Waals surface area (Å²) in [5.74, 6) is -6.77. The second-order valence-corrected chi connectivity index (χ2v) is 19.8. The molecule has 2 rings (SSSR count). The Morgan fingerprint density at radius 2 is 1.05 bits per heavy atom. The van der Waals surface area contributed by atoms with Gasteiger partial charge in [-0.2, -0.15) is 0 Å². The Bertz CT molecular complexity index is 1930. The minimum atomic E-state index is -1.46. The maximum Gasteiger partial charge on any atom is 0.243 e. The van der Waals surface area contributed by atoms with Gasteiger partial charge in [0, 0.05) is 13.0 Å². The third-order valence-electron chi connectivity index (χ3n) is 12.4. The van der Waals surface area contributed by atoms with E-state index in [9.17, 15) is 48.3 Å². The zero-order valence-corrected chi connectivity index (χ0v) is 43.8. The Balaban J connectivity index is 2.69. The summed E-state index contributed by atoms with van der Waals surface area (Å²) in [5.41, 5.74) is 24.2. The second kappa shape index (κ2) is 33.9. The molecule has 10 atom stereocenters. The lowest BCUT2D eigenvalue weighted by Gasteiger charge is -2.28. The van der Waals surface area contributed by atoms with Crippen LogP contribution < -0.4 is 70.8 Å². The van der Waals surface area contributed by atoms with E-state index in [0.29, 0.717) is 24.3 Å². The van der Waals surface area contributed by atoms with Crippen LogP contribution in [-0.2, 0) is 49.6 Å². The number of hydrogen-bond donors (Lipinski definition) is 14. The molecule has 2 unspecified atom stereocenters. The number of benzene rings is 1. The Morgan fingerprint density at radius 1 is 0.603 bits per heavy atom. The molecule has 0 bridgehead atoms. The van der Waals surface area contributed by atoms with Gasteiger partial charge in [0.1, 0.15) is 48.3 Å². The summed E-state index contributed by atoms with van der Waals surface area (Å²) in [6.45, 7) is 10.8. The molecular weight excluding hydrogens is 943 g/mol. The number of amides is 9. The van der Waals surface area contributed by atoms with Crippen LogP contribution in [0.2, 0.25) is 0 Å². The van der Waals surface area contributed by atoms with Crippen LogP contribution in [0.25, 0.3) is 0 Å². The van der Waals surface area contributed by atoms with Gasteiger partial charge in [-0.3, -0.25) is 43.2 Å². The fourth-order valence-electron chi connectivity index (χ4n) is 8.10. The maximum absolute atomic E-state index is 14.3. The monoisotopic (exact) mass is 1030 g/mol. The van der Waals surface area contributed by atoms with Crippen molar-refractivity contribution < 1.29 is 48.3 Å². The first kappa shape index (κ1) is 63.4. The van der Waals surface area contributed by atoms with Crippen LogP contribution in [-0.4, -0.2) is 145 Å². The number of carbonyl (C=O) groups excluding carboxylic acids is 9. The molecular formula is C50H87N13O10. The van der Waals surface area contributed by atoms with Crippen molar-refractivity contribution in [1.82, 2.24) is 47.9 Å². The first-order valence-electron chi connectivity index (χ1n) is 25.9. The summed E-state index contributed by atoms with van der Waals surface area (Å²) in [5, 5.41) is 34.7. The van der Waals surface area contributed by atoms with E-state index in [1.165, 1.54) is 0 Å². The lowest BCUT2D eigenvalue weighted by Crippen LogP contribution is -2.61. The van der Waals surface area contributed by atoms with Crippen LogP contribution >= 0.6 is 0 Å². The summed E-state index contributed by atoms with van der Waals surface area (Å²) >= 11 is 0. The van der Waals surface area contributed by atoms with Crippen molar-refractivity contribution in [3.63, 3.8) is 0 Å². The highest BCUT2D eigenvalue weighted by Crippen LogP contribution is 2.14. The number of aliphatic hydroxyl groups excluding tert-OH is 1. The van der Waals surface area contributed by atoms with Crippen LogP contribution in [0.3, 0.4) is 0 Å². The van der Waals surface area contributed by atoms with Gasteiger partial charge in [0.05, 0.1) is 12.5 Å². The average Bonchev–Trinajstić information content (AvgIpc) is 3.33. The smallest absolute Gasteiger partial charge is 0.243 e. The van der Waals surface area contributed by atoms with E-state index >= 15 is 0 Å². The van der Waals surface area contributed by atoms with Crippen LogP contribution in [0.15, 0.2) is 30.3 Å². The minimum Gasteiger partial charge on any atom is -0.393 e. The van der Waals surface area contributed by atoms with Crippen LogP contribution in [0.5, 0.6) is 0 Å². The van der Waals surface area contributed by atoms with E-state index < -0.39 is 108 Å². The van der Waals surface area contributed by atoms with E-state index in [-0.39, 0.29) is 102 Å². The van der Waals surface area contributed by atoms with Gasteiger partial charge in [-0.15, -0.1) is 0 Å². The summed E-state index contributed by atoms with van der Waals surface area (Å²) < 4.78 is 0. The number of carbonyl (C=O) groups is 9. The Kier molecular flexibility index (Phi) is 29.4. The number of nitrogens with one attached hydrogen (secondary N) is 9. The number of hydrogen-bond acceptors (Lipinski definition) is 14. The van der Waals surface area contributed by atoms with Gasteiger partial charge >= 0.3 is 0 Å². The molecule has 412 valence electrons. The van der Waals surface area contributed by atoms with E-state index in [2.05, 4.69) is 47.9 Å². The van der Waals surface area contributed by atoms with Gasteiger partial charge in [-0.05, 0) is 107 Å². The standard InChI is InChI=1S/C50H87N13O10/c1-7-31(6)13-14-33(64)28-42(65)56-34(15-20-51)44(67)60-38-19-24-55-43(66)39(25-29(2)3)61-46(69)36(17-22-53)57-45(68)35(16-21-52)59-50(73)41(27-32-11-9-8-10-12-32)63-49(72)40(26-30(4)5)62-47(70)37(18-23-54)58-48(38)71/h8-12,29-31,33-41,64H,7,13-28,51-54H2,1-6H3,(H,55,66)(H,56,65)(H,57,68)(H,58,71)(H,59,73)(H,60,67)(H,61,69)(H,62,70)(H,63,72)/t31?,33?,34-,35+,36+,37+,38+,39+,40+,41+/m1/s1. The molecule has 0 aliphatic carbocycles. The molecule has 1 aromatic rings. The van der Waals surface area contributed by atoms with Crippen molar-refractivity contribution in [2.45, 2.75) is 173 Å². The van der Waals surface area contributed by atoms with Crippen molar-refractivity contribution in [2.24, 2.45) is 40.7 Å². The van der Waals surface area contributed by atoms with E-state index in [0.717, 1.165) is 6.42 Å². The zero-order chi connectivity index (χ0) is 54.6. The minimum absolute atomic E-state index is 0.0373. The van der Waals surface area contributed by atoms with Gasteiger partial charge in [0.25, 0.3) is 0 Å². The van der Waals surface area contributed by atoms with Gasteiger partial charge in [0.2, 0.25) is 53.2 Å². The predicted octanol–water partition coefficient (Wildman–Crippen LogP) is -2.31. The summed E-state index contributed by atoms with van der Waals surface area (Å²) in [6.07, 6.45) is 0.359. The van der Waals surface area contributed by atoms with Crippen LogP contribution in [0, 0.1) is 17.8 Å². The lowest BCUT2D eigenvalue weighted by atomic mass is 9.99. The molecule has 18 N–H and O–H groups in total. The summed E-state index contributed by atoms with van der Waals surface area (Å²) in [6, 6.07) is -1.56. The molecule has 0 saturated carbocycles.